The largest absolute Gasteiger partial charge is 0.496 e. The Morgan fingerprint density at radius 2 is 1.96 bits per heavy atom. The monoisotopic (exact) mass is 670 g/mol. The fourth-order valence-corrected chi connectivity index (χ4v) is 5.69. The number of methoxy groups -OCH3 is 1. The number of benzene rings is 1. The molecule has 3 heterocycles. The number of nitrogens with zero attached hydrogens (tertiary/aromatic N) is 4. The number of halogens is 3. The number of urea groups is 1. The van der Waals surface area contributed by atoms with Gasteiger partial charge in [-0.15, -0.1) is 0 Å². The first-order chi connectivity index (χ1) is 22.9. The molecule has 0 saturated heterocycles. The van der Waals surface area contributed by atoms with Gasteiger partial charge < -0.3 is 24.8 Å². The number of pyridine rings is 1. The molecular formula is C33H37F3N6O6. The maximum absolute atomic E-state index is 13.6. The van der Waals surface area contributed by atoms with E-state index in [0.717, 1.165) is 23.6 Å². The number of aliphatic imine (C=N–C) groups is 1. The number of fused-ring (bicyclic) bond motifs is 2. The number of hydrogen-bond acceptors (Lipinski definition) is 8. The van der Waals surface area contributed by atoms with Crippen molar-refractivity contribution >= 4 is 35.0 Å². The van der Waals surface area contributed by atoms with Crippen LogP contribution in [-0.4, -0.2) is 70.8 Å². The summed E-state index contributed by atoms with van der Waals surface area (Å²) in [4.78, 5) is 47.8. The molecule has 0 spiro atoms. The first-order valence-electron chi connectivity index (χ1n) is 15.6. The summed E-state index contributed by atoms with van der Waals surface area (Å²) < 4.78 is 58.4. The quantitative estimate of drug-likeness (QED) is 0.250. The van der Waals surface area contributed by atoms with E-state index in [1.54, 1.807) is 26.0 Å². The minimum Gasteiger partial charge on any atom is -0.496 e. The lowest BCUT2D eigenvalue weighted by Gasteiger charge is -2.23. The lowest BCUT2D eigenvalue weighted by molar-refractivity contribution is -0.149. The van der Waals surface area contributed by atoms with Crippen molar-refractivity contribution in [1.82, 2.24) is 25.4 Å². The van der Waals surface area contributed by atoms with E-state index in [9.17, 15) is 27.6 Å². The van der Waals surface area contributed by atoms with E-state index in [2.05, 4.69) is 25.7 Å². The zero-order valence-electron chi connectivity index (χ0n) is 27.0. The number of carbonyl (C=O) groups is 3. The SMILES string of the molecule is CCOC(=O)[C@@]12C[C@H]1/C=C\CCCC=NC(=O)N[C@@H](CCOc1cc(-c3cc(C(F)(F)F)nn3C)nc3c(C)c(OC)ccc13)C(=O)N2. The molecule has 2 N–H and O–H groups in total. The zero-order valence-corrected chi connectivity index (χ0v) is 27.0. The Balaban J connectivity index is 1.44. The lowest BCUT2D eigenvalue weighted by atomic mass is 10.1. The fourth-order valence-electron chi connectivity index (χ4n) is 5.69. The summed E-state index contributed by atoms with van der Waals surface area (Å²) in [6.07, 6.45) is 3.03. The molecule has 12 nitrogen and oxygen atoms in total. The summed E-state index contributed by atoms with van der Waals surface area (Å²) in [6.45, 7) is 3.47. The molecule has 3 aromatic rings. The number of aryl methyl sites for hydroxylation is 2. The molecular weight excluding hydrogens is 633 g/mol. The zero-order chi connectivity index (χ0) is 34.6. The van der Waals surface area contributed by atoms with Gasteiger partial charge in [0.25, 0.3) is 0 Å². The summed E-state index contributed by atoms with van der Waals surface area (Å²) in [5, 5.41) is 9.58. The van der Waals surface area contributed by atoms with E-state index >= 15 is 0 Å². The topological polar surface area (TPSA) is 146 Å². The van der Waals surface area contributed by atoms with Gasteiger partial charge in [0.2, 0.25) is 5.91 Å². The molecule has 5 rings (SSSR count). The maximum atomic E-state index is 13.6. The van der Waals surface area contributed by atoms with E-state index in [1.165, 1.54) is 26.4 Å². The summed E-state index contributed by atoms with van der Waals surface area (Å²) in [7, 11) is 2.88. The number of esters is 1. The van der Waals surface area contributed by atoms with Crippen molar-refractivity contribution in [3.63, 3.8) is 0 Å². The van der Waals surface area contributed by atoms with Gasteiger partial charge in [0.1, 0.15) is 23.1 Å². The first-order valence-corrected chi connectivity index (χ1v) is 15.6. The Morgan fingerprint density at radius 1 is 1.17 bits per heavy atom. The number of alkyl halides is 3. The standard InChI is InChI=1S/C33H37F3N6O6/c1-5-47-30(44)32-18-20(32)10-8-6-7-9-14-37-31(45)39-22(29(43)40-32)13-15-48-26-16-23(24-17-27(33(34,35)36)41-42(24)3)38-28-19(2)25(46-4)12-11-21(26)28/h8,10-12,14,16-17,20,22H,5-7,9,13,15,18H2,1-4H3,(H,39,45)(H,40,43)/b10-8-,37-14?/t20-,22+,32-/m1/s1. The van der Waals surface area contributed by atoms with Crippen LogP contribution in [0.4, 0.5) is 18.0 Å². The number of carbonyl (C=O) groups excluding carboxylic acids is 3. The molecule has 0 bridgehead atoms. The van der Waals surface area contributed by atoms with Gasteiger partial charge in [0, 0.05) is 42.6 Å². The van der Waals surface area contributed by atoms with Gasteiger partial charge >= 0.3 is 18.2 Å². The minimum absolute atomic E-state index is 0.0370. The Hall–Kier alpha value is -4.95. The molecule has 1 aromatic carbocycles. The molecule has 3 atom stereocenters. The van der Waals surface area contributed by atoms with Crippen molar-refractivity contribution < 1.29 is 41.8 Å². The van der Waals surface area contributed by atoms with Crippen LogP contribution in [0, 0.1) is 12.8 Å². The molecule has 48 heavy (non-hydrogen) atoms. The molecule has 3 amide bonds. The second-order valence-corrected chi connectivity index (χ2v) is 11.6. The van der Waals surface area contributed by atoms with Crippen LogP contribution >= 0.6 is 0 Å². The highest BCUT2D eigenvalue weighted by Gasteiger charge is 2.61. The molecule has 2 aromatic heterocycles. The number of allylic oxidation sites excluding steroid dienone is 1. The van der Waals surface area contributed by atoms with Gasteiger partial charge in [-0.3, -0.25) is 9.48 Å². The normalized spacial score (nSPS) is 22.2. The summed E-state index contributed by atoms with van der Waals surface area (Å²) in [5.74, 6) is -0.626. The van der Waals surface area contributed by atoms with Crippen molar-refractivity contribution in [2.24, 2.45) is 18.0 Å². The smallest absolute Gasteiger partial charge is 0.435 e. The van der Waals surface area contributed by atoms with Crippen LogP contribution in [0.1, 0.15) is 50.3 Å². The molecule has 0 radical (unpaired) electrons. The number of rotatable bonds is 8. The van der Waals surface area contributed by atoms with Gasteiger partial charge in [-0.1, -0.05) is 12.2 Å². The molecule has 1 aliphatic heterocycles. The van der Waals surface area contributed by atoms with Crippen LogP contribution in [0.3, 0.4) is 0 Å². The van der Waals surface area contributed by atoms with Crippen LogP contribution in [0.5, 0.6) is 11.5 Å². The minimum atomic E-state index is -4.66. The number of amides is 3. The maximum Gasteiger partial charge on any atom is 0.435 e. The third-order valence-electron chi connectivity index (χ3n) is 8.36. The highest BCUT2D eigenvalue weighted by Crippen LogP contribution is 2.46. The van der Waals surface area contributed by atoms with Gasteiger partial charge in [-0.25, -0.2) is 19.6 Å². The molecule has 2 aliphatic rings. The second-order valence-electron chi connectivity index (χ2n) is 11.6. The van der Waals surface area contributed by atoms with E-state index in [4.69, 9.17) is 14.2 Å². The number of nitrogens with one attached hydrogen (secondary N) is 2. The van der Waals surface area contributed by atoms with E-state index in [0.29, 0.717) is 35.1 Å². The Bertz CT molecular complexity index is 1770. The van der Waals surface area contributed by atoms with Crippen LogP contribution in [0.25, 0.3) is 22.3 Å². The van der Waals surface area contributed by atoms with Crippen molar-refractivity contribution in [2.75, 3.05) is 20.3 Å². The Morgan fingerprint density at radius 3 is 2.67 bits per heavy atom. The molecule has 1 fully saturated rings. The van der Waals surface area contributed by atoms with Gasteiger partial charge in [-0.05, 0) is 57.7 Å². The summed E-state index contributed by atoms with van der Waals surface area (Å²) >= 11 is 0. The molecule has 1 aliphatic carbocycles. The molecule has 256 valence electrons. The van der Waals surface area contributed by atoms with Crippen LogP contribution in [-0.2, 0) is 27.5 Å². The average Bonchev–Trinajstić information content (AvgIpc) is 3.58. The van der Waals surface area contributed by atoms with Crippen molar-refractivity contribution in [3.8, 4) is 22.9 Å². The molecule has 1 saturated carbocycles. The van der Waals surface area contributed by atoms with Gasteiger partial charge in [0.05, 0.1) is 37.2 Å². The predicted octanol–water partition coefficient (Wildman–Crippen LogP) is 5.07. The summed E-state index contributed by atoms with van der Waals surface area (Å²) in [6, 6.07) is 3.97. The van der Waals surface area contributed by atoms with Crippen molar-refractivity contribution in [3.05, 3.63) is 47.7 Å². The van der Waals surface area contributed by atoms with Crippen LogP contribution < -0.4 is 20.1 Å². The van der Waals surface area contributed by atoms with Gasteiger partial charge in [0.15, 0.2) is 5.69 Å². The van der Waals surface area contributed by atoms with Gasteiger partial charge in [-0.2, -0.15) is 18.3 Å². The Labute approximate surface area is 274 Å². The average molecular weight is 671 g/mol. The Kier molecular flexibility index (Phi) is 10.1. The lowest BCUT2D eigenvalue weighted by Crippen LogP contribution is -2.54. The number of aromatic nitrogens is 3. The molecule has 0 unspecified atom stereocenters. The predicted molar refractivity (Wildman–Crippen MR) is 170 cm³/mol. The van der Waals surface area contributed by atoms with Crippen LogP contribution in [0.2, 0.25) is 0 Å². The second kappa shape index (κ2) is 14.0. The molecule has 15 heteroatoms. The highest BCUT2D eigenvalue weighted by atomic mass is 19.4. The van der Waals surface area contributed by atoms with E-state index < -0.39 is 41.4 Å². The number of ether oxygens (including phenoxy) is 3. The van der Waals surface area contributed by atoms with Crippen molar-refractivity contribution in [1.29, 1.82) is 0 Å². The summed E-state index contributed by atoms with van der Waals surface area (Å²) in [5.41, 5.74) is -0.983. The van der Waals surface area contributed by atoms with Crippen molar-refractivity contribution in [2.45, 2.75) is 63.7 Å². The first kappa shape index (κ1) is 34.4. The van der Waals surface area contributed by atoms with E-state index in [1.807, 2.05) is 12.2 Å². The van der Waals surface area contributed by atoms with E-state index in [-0.39, 0.29) is 42.7 Å². The fraction of sp³-hybridized carbons (Fsp3) is 0.455. The third-order valence-corrected chi connectivity index (χ3v) is 8.36. The van der Waals surface area contributed by atoms with Crippen LogP contribution in [0.15, 0.2) is 41.4 Å². The third kappa shape index (κ3) is 7.29. The number of hydrogen-bond donors (Lipinski definition) is 2. The highest BCUT2D eigenvalue weighted by molar-refractivity contribution is 5.96.